The predicted octanol–water partition coefficient (Wildman–Crippen LogP) is 3.45. The number of aromatic nitrogens is 2. The second-order valence-corrected chi connectivity index (χ2v) is 7.74. The minimum Gasteiger partial charge on any atom is -0.377 e. The highest BCUT2D eigenvalue weighted by Crippen LogP contribution is 2.42. The number of hydrogen-bond acceptors (Lipinski definition) is 5. The maximum atomic E-state index is 6.30. The molecule has 2 aliphatic heterocycles. The zero-order valence-electron chi connectivity index (χ0n) is 15.9. The zero-order valence-corrected chi connectivity index (χ0v) is 15.9. The van der Waals surface area contributed by atoms with E-state index in [4.69, 9.17) is 9.47 Å². The summed E-state index contributed by atoms with van der Waals surface area (Å²) in [5.74, 6) is 0.618. The standard InChI is InChI=1S/C22H29N3O2/c1-3-19(15-23-9-1)17-25-11-7-22(8-12-25)21(6-14-27-22)5-13-26-18-20-4-2-10-24-16-20/h1-4,9-10,15-16,21H,5-8,11-14,17-18H2/t21-/m0/s1. The quantitative estimate of drug-likeness (QED) is 0.702. The highest BCUT2D eigenvalue weighted by molar-refractivity contribution is 5.09. The van der Waals surface area contributed by atoms with E-state index in [-0.39, 0.29) is 5.60 Å². The summed E-state index contributed by atoms with van der Waals surface area (Å²) in [6, 6.07) is 8.19. The van der Waals surface area contributed by atoms with Crippen LogP contribution in [-0.2, 0) is 22.6 Å². The van der Waals surface area contributed by atoms with Crippen LogP contribution in [0.15, 0.2) is 49.1 Å². The predicted molar refractivity (Wildman–Crippen MR) is 104 cm³/mol. The molecule has 0 saturated carbocycles. The first-order valence-electron chi connectivity index (χ1n) is 10.1. The highest BCUT2D eigenvalue weighted by Gasteiger charge is 2.45. The van der Waals surface area contributed by atoms with E-state index < -0.39 is 0 Å². The van der Waals surface area contributed by atoms with Crippen molar-refractivity contribution in [3.63, 3.8) is 0 Å². The van der Waals surface area contributed by atoms with E-state index in [0.717, 1.165) is 57.7 Å². The molecule has 1 spiro atoms. The number of piperidine rings is 1. The van der Waals surface area contributed by atoms with Crippen molar-refractivity contribution in [2.75, 3.05) is 26.3 Å². The molecule has 0 aliphatic carbocycles. The third kappa shape index (κ3) is 4.72. The molecule has 1 atom stereocenters. The summed E-state index contributed by atoms with van der Waals surface area (Å²) in [5.41, 5.74) is 2.50. The maximum Gasteiger partial charge on any atom is 0.0736 e. The van der Waals surface area contributed by atoms with Crippen LogP contribution in [0, 0.1) is 5.92 Å². The Hall–Kier alpha value is -1.82. The van der Waals surface area contributed by atoms with E-state index in [1.54, 1.807) is 6.20 Å². The van der Waals surface area contributed by atoms with Gasteiger partial charge in [-0.2, -0.15) is 0 Å². The maximum absolute atomic E-state index is 6.30. The van der Waals surface area contributed by atoms with Gasteiger partial charge in [0, 0.05) is 57.6 Å². The lowest BCUT2D eigenvalue weighted by atomic mass is 9.78. The molecule has 0 bridgehead atoms. The van der Waals surface area contributed by atoms with Crippen LogP contribution in [0.25, 0.3) is 0 Å². The van der Waals surface area contributed by atoms with Gasteiger partial charge in [-0.3, -0.25) is 14.9 Å². The van der Waals surface area contributed by atoms with E-state index in [0.29, 0.717) is 12.5 Å². The summed E-state index contributed by atoms with van der Waals surface area (Å²) in [4.78, 5) is 10.9. The van der Waals surface area contributed by atoms with Gasteiger partial charge in [-0.1, -0.05) is 12.1 Å². The molecule has 27 heavy (non-hydrogen) atoms. The van der Waals surface area contributed by atoms with E-state index >= 15 is 0 Å². The van der Waals surface area contributed by atoms with Crippen molar-refractivity contribution in [2.45, 2.75) is 44.4 Å². The molecular weight excluding hydrogens is 338 g/mol. The topological polar surface area (TPSA) is 47.5 Å². The first-order valence-corrected chi connectivity index (χ1v) is 10.1. The molecule has 0 unspecified atom stereocenters. The van der Waals surface area contributed by atoms with Crippen molar-refractivity contribution < 1.29 is 9.47 Å². The fourth-order valence-corrected chi connectivity index (χ4v) is 4.48. The van der Waals surface area contributed by atoms with Crippen LogP contribution in [0.1, 0.15) is 36.8 Å². The largest absolute Gasteiger partial charge is 0.377 e. The Labute approximate surface area is 161 Å². The molecule has 0 aromatic carbocycles. The van der Waals surface area contributed by atoms with Gasteiger partial charge in [0.25, 0.3) is 0 Å². The first-order chi connectivity index (χ1) is 13.3. The zero-order chi connectivity index (χ0) is 18.4. The number of pyridine rings is 2. The molecule has 0 N–H and O–H groups in total. The lowest BCUT2D eigenvalue weighted by Crippen LogP contribution is -2.47. The SMILES string of the molecule is c1cncc(COCC[C@H]2CCOC23CCN(Cc2cccnc2)CC3)c1. The Bertz CT molecular complexity index is 687. The van der Waals surface area contributed by atoms with Crippen LogP contribution in [0.5, 0.6) is 0 Å². The van der Waals surface area contributed by atoms with E-state index in [2.05, 4.69) is 27.0 Å². The molecule has 2 aliphatic rings. The van der Waals surface area contributed by atoms with E-state index in [9.17, 15) is 0 Å². The minimum atomic E-state index is 0.0725. The summed E-state index contributed by atoms with van der Waals surface area (Å²) in [7, 11) is 0. The molecule has 5 nitrogen and oxygen atoms in total. The number of nitrogens with zero attached hydrogens (tertiary/aromatic N) is 3. The molecule has 2 aromatic heterocycles. The third-order valence-corrected chi connectivity index (χ3v) is 6.03. The molecule has 0 radical (unpaired) electrons. The normalized spacial score (nSPS) is 22.3. The van der Waals surface area contributed by atoms with Crippen LogP contribution in [0.4, 0.5) is 0 Å². The summed E-state index contributed by atoms with van der Waals surface area (Å²) in [5, 5.41) is 0. The molecule has 2 aromatic rings. The molecule has 4 rings (SSSR count). The second-order valence-electron chi connectivity index (χ2n) is 7.74. The van der Waals surface area contributed by atoms with Crippen molar-refractivity contribution in [1.82, 2.24) is 14.9 Å². The molecule has 2 fully saturated rings. The number of hydrogen-bond donors (Lipinski definition) is 0. The molecule has 0 amide bonds. The smallest absolute Gasteiger partial charge is 0.0736 e. The van der Waals surface area contributed by atoms with Crippen molar-refractivity contribution in [2.24, 2.45) is 5.92 Å². The van der Waals surface area contributed by atoms with Crippen molar-refractivity contribution in [1.29, 1.82) is 0 Å². The van der Waals surface area contributed by atoms with Gasteiger partial charge >= 0.3 is 0 Å². The number of rotatable bonds is 7. The van der Waals surface area contributed by atoms with Crippen LogP contribution in [0.3, 0.4) is 0 Å². The average Bonchev–Trinajstić information content (AvgIpc) is 3.11. The summed E-state index contributed by atoms with van der Waals surface area (Å²) < 4.78 is 12.2. The van der Waals surface area contributed by atoms with E-state index in [1.165, 1.54) is 12.0 Å². The van der Waals surface area contributed by atoms with Crippen molar-refractivity contribution in [3.8, 4) is 0 Å². The van der Waals surface area contributed by atoms with Gasteiger partial charge in [-0.25, -0.2) is 0 Å². The van der Waals surface area contributed by atoms with Crippen LogP contribution >= 0.6 is 0 Å². The monoisotopic (exact) mass is 367 g/mol. The van der Waals surface area contributed by atoms with Crippen molar-refractivity contribution in [3.05, 3.63) is 60.2 Å². The third-order valence-electron chi connectivity index (χ3n) is 6.03. The Morgan fingerprint density at radius 1 is 1.07 bits per heavy atom. The van der Waals surface area contributed by atoms with Gasteiger partial charge in [-0.05, 0) is 54.9 Å². The number of likely N-dealkylation sites (tertiary alicyclic amines) is 1. The molecule has 144 valence electrons. The Morgan fingerprint density at radius 2 is 1.81 bits per heavy atom. The summed E-state index contributed by atoms with van der Waals surface area (Å²) in [6.45, 7) is 5.53. The second kappa shape index (κ2) is 8.91. The lowest BCUT2D eigenvalue weighted by molar-refractivity contribution is -0.0733. The number of ether oxygens (including phenoxy) is 2. The van der Waals surface area contributed by atoms with Gasteiger partial charge in [-0.15, -0.1) is 0 Å². The fraction of sp³-hybridized carbons (Fsp3) is 0.545. The van der Waals surface area contributed by atoms with Crippen LogP contribution < -0.4 is 0 Å². The Balaban J connectivity index is 1.23. The van der Waals surface area contributed by atoms with Gasteiger partial charge in [0.2, 0.25) is 0 Å². The first kappa shape index (κ1) is 18.5. The fourth-order valence-electron chi connectivity index (χ4n) is 4.48. The molecule has 4 heterocycles. The van der Waals surface area contributed by atoms with Gasteiger partial charge in [0.15, 0.2) is 0 Å². The van der Waals surface area contributed by atoms with Crippen molar-refractivity contribution >= 4 is 0 Å². The van der Waals surface area contributed by atoms with Gasteiger partial charge in [0.1, 0.15) is 0 Å². The Morgan fingerprint density at radius 3 is 2.52 bits per heavy atom. The molecular formula is C22H29N3O2. The summed E-state index contributed by atoms with van der Waals surface area (Å²) in [6.07, 6.45) is 12.0. The molecule has 2 saturated heterocycles. The van der Waals surface area contributed by atoms with Crippen LogP contribution in [0.2, 0.25) is 0 Å². The summed E-state index contributed by atoms with van der Waals surface area (Å²) >= 11 is 0. The van der Waals surface area contributed by atoms with Gasteiger partial charge in [0.05, 0.1) is 12.2 Å². The van der Waals surface area contributed by atoms with E-state index in [1.807, 2.05) is 30.7 Å². The Kier molecular flexibility index (Phi) is 6.12. The average molecular weight is 367 g/mol. The lowest BCUT2D eigenvalue weighted by Gasteiger charge is -2.42. The minimum absolute atomic E-state index is 0.0725. The highest BCUT2D eigenvalue weighted by atomic mass is 16.5. The molecule has 5 heteroatoms. The van der Waals surface area contributed by atoms with Crippen LogP contribution in [-0.4, -0.2) is 46.8 Å². The van der Waals surface area contributed by atoms with Gasteiger partial charge < -0.3 is 9.47 Å².